The summed E-state index contributed by atoms with van der Waals surface area (Å²) in [5.74, 6) is -2.10. The highest BCUT2D eigenvalue weighted by Crippen LogP contribution is 2.09. The highest BCUT2D eigenvalue weighted by atomic mass is 32.2. The number of thioether (sulfide) groups is 1. The van der Waals surface area contributed by atoms with Gasteiger partial charge in [-0.2, -0.15) is 11.8 Å². The van der Waals surface area contributed by atoms with Crippen LogP contribution in [0.3, 0.4) is 0 Å². The Kier molecular flexibility index (Phi) is 12.6. The van der Waals surface area contributed by atoms with E-state index in [0.29, 0.717) is 12.8 Å². The van der Waals surface area contributed by atoms with Gasteiger partial charge in [-0.1, -0.05) is 27.7 Å². The molecule has 3 amide bonds. The number of carboxylic acids is 1. The van der Waals surface area contributed by atoms with Crippen LogP contribution in [0.2, 0.25) is 0 Å². The number of nitrogens with one attached hydrogen (secondary N) is 3. The smallest absolute Gasteiger partial charge is 0.325 e. The Hall–Kier alpha value is -1.81. The summed E-state index contributed by atoms with van der Waals surface area (Å²) in [4.78, 5) is 48.6. The molecule has 0 aromatic heterocycles. The number of amides is 3. The molecule has 0 bridgehead atoms. The fourth-order valence-electron chi connectivity index (χ4n) is 2.51. The summed E-state index contributed by atoms with van der Waals surface area (Å²) >= 11 is 1.58. The Morgan fingerprint density at radius 2 is 1.52 bits per heavy atom. The van der Waals surface area contributed by atoms with Crippen LogP contribution in [0, 0.1) is 11.8 Å². The van der Waals surface area contributed by atoms with E-state index >= 15 is 0 Å². The highest BCUT2D eigenvalue weighted by Gasteiger charge is 2.31. The van der Waals surface area contributed by atoms with Crippen molar-refractivity contribution in [3.8, 4) is 0 Å². The third kappa shape index (κ3) is 10.5. The van der Waals surface area contributed by atoms with Crippen molar-refractivity contribution >= 4 is 35.5 Å². The third-order valence-corrected chi connectivity index (χ3v) is 4.93. The Balaban J connectivity index is 5.22. The van der Waals surface area contributed by atoms with Gasteiger partial charge in [-0.3, -0.25) is 19.2 Å². The lowest BCUT2D eigenvalue weighted by Gasteiger charge is -2.27. The monoisotopic (exact) mass is 432 g/mol. The molecule has 0 spiro atoms. The second kappa shape index (κ2) is 13.4. The topological polar surface area (TPSA) is 151 Å². The molecular formula is C19H36N4O5S. The van der Waals surface area contributed by atoms with Crippen molar-refractivity contribution in [1.82, 2.24) is 16.0 Å². The van der Waals surface area contributed by atoms with Crippen molar-refractivity contribution in [2.45, 2.75) is 71.6 Å². The number of hydrogen-bond donors (Lipinski definition) is 5. The van der Waals surface area contributed by atoms with Crippen LogP contribution in [0.5, 0.6) is 0 Å². The maximum atomic E-state index is 12.8. The maximum Gasteiger partial charge on any atom is 0.325 e. The molecule has 10 heteroatoms. The summed E-state index contributed by atoms with van der Waals surface area (Å²) in [5.41, 5.74) is 5.89. The average molecular weight is 433 g/mol. The first kappa shape index (κ1) is 27.2. The van der Waals surface area contributed by atoms with Crippen molar-refractivity contribution in [3.63, 3.8) is 0 Å². The van der Waals surface area contributed by atoms with Gasteiger partial charge in [-0.25, -0.2) is 0 Å². The summed E-state index contributed by atoms with van der Waals surface area (Å²) in [6.45, 7) is 8.66. The van der Waals surface area contributed by atoms with Gasteiger partial charge in [0.25, 0.3) is 0 Å². The molecule has 0 rings (SSSR count). The minimum absolute atomic E-state index is 0.117. The zero-order valence-corrected chi connectivity index (χ0v) is 19.0. The predicted molar refractivity (Wildman–Crippen MR) is 114 cm³/mol. The Labute approximate surface area is 177 Å². The van der Waals surface area contributed by atoms with Crippen LogP contribution >= 0.6 is 11.8 Å². The molecule has 6 N–H and O–H groups in total. The average Bonchev–Trinajstić information content (AvgIpc) is 2.62. The van der Waals surface area contributed by atoms with E-state index in [1.165, 1.54) is 6.92 Å². The molecule has 0 heterocycles. The van der Waals surface area contributed by atoms with Crippen molar-refractivity contribution < 1.29 is 24.3 Å². The van der Waals surface area contributed by atoms with Crippen LogP contribution in [0.15, 0.2) is 0 Å². The first-order valence-electron chi connectivity index (χ1n) is 9.79. The summed E-state index contributed by atoms with van der Waals surface area (Å²) in [6, 6.07) is -3.57. The van der Waals surface area contributed by atoms with Crippen molar-refractivity contribution in [2.75, 3.05) is 12.0 Å². The molecular weight excluding hydrogens is 396 g/mol. The molecule has 29 heavy (non-hydrogen) atoms. The molecule has 0 aliphatic carbocycles. The predicted octanol–water partition coefficient (Wildman–Crippen LogP) is 0.328. The Morgan fingerprint density at radius 1 is 0.931 bits per heavy atom. The summed E-state index contributed by atoms with van der Waals surface area (Å²) in [6.07, 6.45) is 2.79. The zero-order valence-electron chi connectivity index (χ0n) is 18.2. The Bertz CT molecular complexity index is 571. The molecule has 168 valence electrons. The van der Waals surface area contributed by atoms with Gasteiger partial charge in [0.15, 0.2) is 0 Å². The number of aliphatic carboxylic acids is 1. The van der Waals surface area contributed by atoms with Crippen LogP contribution in [0.4, 0.5) is 0 Å². The summed E-state index contributed by atoms with van der Waals surface area (Å²) in [5, 5.41) is 16.7. The van der Waals surface area contributed by atoms with E-state index in [0.717, 1.165) is 5.75 Å². The molecule has 4 unspecified atom stereocenters. The standard InChI is InChI=1S/C19H36N4O5S/c1-10(2)9-14(22-16(24)13(20)7-8-29-6)17(25)23-15(11(3)4)18(26)21-12(5)19(27)28/h10-15H,7-9,20H2,1-6H3,(H,21,26)(H,22,24)(H,23,25)(H,27,28). The van der Waals surface area contributed by atoms with E-state index in [4.69, 9.17) is 10.8 Å². The maximum absolute atomic E-state index is 12.8. The van der Waals surface area contributed by atoms with Crippen LogP contribution in [-0.4, -0.2) is 65.0 Å². The first-order valence-corrected chi connectivity index (χ1v) is 11.2. The third-order valence-electron chi connectivity index (χ3n) is 4.29. The Morgan fingerprint density at radius 3 is 1.97 bits per heavy atom. The molecule has 0 saturated heterocycles. The quantitative estimate of drug-likeness (QED) is 0.281. The van der Waals surface area contributed by atoms with E-state index in [1.807, 2.05) is 20.1 Å². The fourth-order valence-corrected chi connectivity index (χ4v) is 3.00. The minimum Gasteiger partial charge on any atom is -0.480 e. The largest absolute Gasteiger partial charge is 0.480 e. The van der Waals surface area contributed by atoms with Crippen LogP contribution in [0.25, 0.3) is 0 Å². The number of nitrogens with two attached hydrogens (primary N) is 1. The van der Waals surface area contributed by atoms with E-state index < -0.39 is 47.9 Å². The van der Waals surface area contributed by atoms with Gasteiger partial charge in [0, 0.05) is 0 Å². The normalized spacial score (nSPS) is 15.3. The van der Waals surface area contributed by atoms with E-state index in [-0.39, 0.29) is 11.8 Å². The summed E-state index contributed by atoms with van der Waals surface area (Å²) in [7, 11) is 0. The van der Waals surface area contributed by atoms with Crippen molar-refractivity contribution in [3.05, 3.63) is 0 Å². The molecule has 0 fully saturated rings. The molecule has 0 radical (unpaired) electrons. The van der Waals surface area contributed by atoms with Crippen LogP contribution in [0.1, 0.15) is 47.5 Å². The molecule has 4 atom stereocenters. The molecule has 0 aliphatic rings. The lowest BCUT2D eigenvalue weighted by molar-refractivity contribution is -0.142. The second-order valence-corrected chi connectivity index (χ2v) is 8.86. The van der Waals surface area contributed by atoms with Gasteiger partial charge in [0.2, 0.25) is 17.7 Å². The zero-order chi connectivity index (χ0) is 22.7. The van der Waals surface area contributed by atoms with Gasteiger partial charge >= 0.3 is 5.97 Å². The lowest BCUT2D eigenvalue weighted by atomic mass is 9.99. The van der Waals surface area contributed by atoms with Gasteiger partial charge in [-0.05, 0) is 43.6 Å². The first-order chi connectivity index (χ1) is 13.4. The van der Waals surface area contributed by atoms with E-state index in [9.17, 15) is 19.2 Å². The number of carbonyl (C=O) groups is 4. The molecule has 0 aliphatic heterocycles. The fraction of sp³-hybridized carbons (Fsp3) is 0.789. The van der Waals surface area contributed by atoms with Crippen LogP contribution in [-0.2, 0) is 19.2 Å². The minimum atomic E-state index is -1.17. The van der Waals surface area contributed by atoms with Crippen molar-refractivity contribution in [2.24, 2.45) is 17.6 Å². The van der Waals surface area contributed by atoms with Gasteiger partial charge in [-0.15, -0.1) is 0 Å². The highest BCUT2D eigenvalue weighted by molar-refractivity contribution is 7.98. The summed E-state index contributed by atoms with van der Waals surface area (Å²) < 4.78 is 0. The van der Waals surface area contributed by atoms with Gasteiger partial charge < -0.3 is 26.8 Å². The number of hydrogen-bond acceptors (Lipinski definition) is 6. The van der Waals surface area contributed by atoms with Gasteiger partial charge in [0.1, 0.15) is 18.1 Å². The number of carbonyl (C=O) groups excluding carboxylic acids is 3. The van der Waals surface area contributed by atoms with Crippen LogP contribution < -0.4 is 21.7 Å². The molecule has 9 nitrogen and oxygen atoms in total. The molecule has 0 aromatic rings. The lowest BCUT2D eigenvalue weighted by Crippen LogP contribution is -2.58. The van der Waals surface area contributed by atoms with E-state index in [1.54, 1.807) is 25.6 Å². The number of carboxylic acid groups (broad SMARTS) is 1. The van der Waals surface area contributed by atoms with E-state index in [2.05, 4.69) is 16.0 Å². The second-order valence-electron chi connectivity index (χ2n) is 7.88. The molecule has 0 aromatic carbocycles. The van der Waals surface area contributed by atoms with Crippen molar-refractivity contribution in [1.29, 1.82) is 0 Å². The number of rotatable bonds is 13. The van der Waals surface area contributed by atoms with Gasteiger partial charge in [0.05, 0.1) is 6.04 Å². The SMILES string of the molecule is CSCCC(N)C(=O)NC(CC(C)C)C(=O)NC(C(=O)NC(C)C(=O)O)C(C)C. The molecule has 0 saturated carbocycles.